The van der Waals surface area contributed by atoms with E-state index < -0.39 is 0 Å². The Hall–Kier alpha value is -1.36. The highest BCUT2D eigenvalue weighted by Crippen LogP contribution is 2.03. The van der Waals surface area contributed by atoms with Crippen LogP contribution in [0.4, 0.5) is 5.82 Å². The summed E-state index contributed by atoms with van der Waals surface area (Å²) in [4.78, 5) is 20.2. The fourth-order valence-corrected chi connectivity index (χ4v) is 1.43. The third kappa shape index (κ3) is 4.44. The van der Waals surface area contributed by atoms with Crippen LogP contribution in [0.5, 0.6) is 0 Å². The molecule has 5 heteroatoms. The maximum Gasteiger partial charge on any atom is 0.252 e. The number of aromatic amines is 1. The van der Waals surface area contributed by atoms with Gasteiger partial charge in [0.05, 0.1) is 0 Å². The second-order valence-corrected chi connectivity index (χ2v) is 4.35. The Bertz CT molecular complexity index is 386. The molecule has 0 radical (unpaired) electrons. The first-order valence-electron chi connectivity index (χ1n) is 5.46. The number of hydrogen-bond donors (Lipinski definition) is 2. The van der Waals surface area contributed by atoms with Gasteiger partial charge < -0.3 is 15.2 Å². The molecular formula is C11H20N4O. The quantitative estimate of drug-likeness (QED) is 0.777. The summed E-state index contributed by atoms with van der Waals surface area (Å²) < 4.78 is 0. The third-order valence-corrected chi connectivity index (χ3v) is 2.26. The summed E-state index contributed by atoms with van der Waals surface area (Å²) in [6.45, 7) is 4.87. The molecule has 0 aromatic carbocycles. The Kier molecular flexibility index (Phi) is 4.49. The molecule has 2 N–H and O–H groups in total. The van der Waals surface area contributed by atoms with Gasteiger partial charge in [-0.2, -0.15) is 0 Å². The lowest BCUT2D eigenvalue weighted by atomic mass is 10.2. The predicted molar refractivity (Wildman–Crippen MR) is 65.9 cm³/mol. The molecule has 1 unspecified atom stereocenters. The number of nitrogens with zero attached hydrogens (tertiary/aromatic N) is 2. The van der Waals surface area contributed by atoms with E-state index in [-0.39, 0.29) is 5.56 Å². The Balaban J connectivity index is 2.55. The summed E-state index contributed by atoms with van der Waals surface area (Å²) in [6.07, 6.45) is 1.01. The van der Waals surface area contributed by atoms with Crippen LogP contribution in [-0.4, -0.2) is 41.5 Å². The molecule has 1 aromatic rings. The monoisotopic (exact) mass is 224 g/mol. The zero-order valence-corrected chi connectivity index (χ0v) is 10.4. The molecule has 0 saturated heterocycles. The van der Waals surface area contributed by atoms with Gasteiger partial charge in [0.2, 0.25) is 0 Å². The molecule has 0 aliphatic carbocycles. The number of hydrogen-bond acceptors (Lipinski definition) is 4. The van der Waals surface area contributed by atoms with Crippen LogP contribution >= 0.6 is 0 Å². The minimum Gasteiger partial charge on any atom is -0.367 e. The molecule has 0 spiro atoms. The molecule has 5 nitrogen and oxygen atoms in total. The number of H-pyrrole nitrogens is 1. The summed E-state index contributed by atoms with van der Waals surface area (Å²) >= 11 is 0. The molecule has 0 saturated carbocycles. The van der Waals surface area contributed by atoms with Gasteiger partial charge in [-0.3, -0.25) is 4.79 Å². The van der Waals surface area contributed by atoms with Crippen molar-refractivity contribution in [2.75, 3.05) is 26.0 Å². The zero-order chi connectivity index (χ0) is 12.1. The van der Waals surface area contributed by atoms with Crippen LogP contribution in [0.15, 0.2) is 10.9 Å². The van der Waals surface area contributed by atoms with E-state index >= 15 is 0 Å². The molecule has 1 rings (SSSR count). The van der Waals surface area contributed by atoms with Gasteiger partial charge in [0.15, 0.2) is 0 Å². The van der Waals surface area contributed by atoms with E-state index in [0.717, 1.165) is 13.0 Å². The topological polar surface area (TPSA) is 61.0 Å². The number of anilines is 1. The molecule has 1 aromatic heterocycles. The van der Waals surface area contributed by atoms with Crippen LogP contribution in [0.2, 0.25) is 0 Å². The van der Waals surface area contributed by atoms with Gasteiger partial charge in [0.25, 0.3) is 5.56 Å². The van der Waals surface area contributed by atoms with Crippen molar-refractivity contribution in [1.82, 2.24) is 14.9 Å². The van der Waals surface area contributed by atoms with Crippen LogP contribution in [-0.2, 0) is 0 Å². The summed E-state index contributed by atoms with van der Waals surface area (Å²) in [7, 11) is 4.09. The Morgan fingerprint density at radius 1 is 1.56 bits per heavy atom. The van der Waals surface area contributed by atoms with Crippen molar-refractivity contribution < 1.29 is 0 Å². The molecule has 0 fully saturated rings. The molecule has 0 amide bonds. The molecule has 0 bridgehead atoms. The second kappa shape index (κ2) is 5.65. The SMILES string of the molecule is Cc1nc(NC(C)CCN(C)C)cc(=O)[nH]1. The first kappa shape index (κ1) is 12.7. The van der Waals surface area contributed by atoms with Gasteiger partial charge in [-0.15, -0.1) is 0 Å². The zero-order valence-electron chi connectivity index (χ0n) is 10.4. The Labute approximate surface area is 95.9 Å². The number of nitrogens with one attached hydrogen (secondary N) is 2. The van der Waals surface area contributed by atoms with Crippen molar-refractivity contribution in [3.8, 4) is 0 Å². The van der Waals surface area contributed by atoms with Crippen molar-refractivity contribution in [1.29, 1.82) is 0 Å². The first-order valence-corrected chi connectivity index (χ1v) is 5.46. The molecular weight excluding hydrogens is 204 g/mol. The van der Waals surface area contributed by atoms with Crippen LogP contribution in [0.1, 0.15) is 19.2 Å². The maximum atomic E-state index is 11.2. The Morgan fingerprint density at radius 2 is 2.25 bits per heavy atom. The highest BCUT2D eigenvalue weighted by molar-refractivity contribution is 5.33. The molecule has 1 atom stereocenters. The van der Waals surface area contributed by atoms with E-state index in [4.69, 9.17) is 0 Å². The lowest BCUT2D eigenvalue weighted by molar-refractivity contribution is 0.390. The van der Waals surface area contributed by atoms with Gasteiger partial charge in [-0.1, -0.05) is 0 Å². The summed E-state index contributed by atoms with van der Waals surface area (Å²) in [5.74, 6) is 1.28. The summed E-state index contributed by atoms with van der Waals surface area (Å²) in [6, 6.07) is 1.79. The van der Waals surface area contributed by atoms with Crippen molar-refractivity contribution in [2.45, 2.75) is 26.3 Å². The Morgan fingerprint density at radius 3 is 2.81 bits per heavy atom. The predicted octanol–water partition coefficient (Wildman–Crippen LogP) is 0.830. The maximum absolute atomic E-state index is 11.2. The van der Waals surface area contributed by atoms with E-state index in [2.05, 4.69) is 27.1 Å². The molecule has 0 aliphatic heterocycles. The van der Waals surface area contributed by atoms with E-state index in [1.54, 1.807) is 6.92 Å². The third-order valence-electron chi connectivity index (χ3n) is 2.26. The number of aromatic nitrogens is 2. The van der Waals surface area contributed by atoms with E-state index in [0.29, 0.717) is 17.7 Å². The number of aryl methyl sites for hydroxylation is 1. The van der Waals surface area contributed by atoms with Crippen molar-refractivity contribution in [3.63, 3.8) is 0 Å². The van der Waals surface area contributed by atoms with Crippen LogP contribution in [0, 0.1) is 6.92 Å². The van der Waals surface area contributed by atoms with Crippen molar-refractivity contribution in [3.05, 3.63) is 22.2 Å². The molecule has 0 aliphatic rings. The average molecular weight is 224 g/mol. The largest absolute Gasteiger partial charge is 0.367 e. The van der Waals surface area contributed by atoms with Gasteiger partial charge in [-0.05, 0) is 40.9 Å². The van der Waals surface area contributed by atoms with Crippen molar-refractivity contribution in [2.24, 2.45) is 0 Å². The summed E-state index contributed by atoms with van der Waals surface area (Å²) in [5, 5.41) is 3.22. The average Bonchev–Trinajstić information content (AvgIpc) is 2.12. The fraction of sp³-hybridized carbons (Fsp3) is 0.636. The lowest BCUT2D eigenvalue weighted by Gasteiger charge is -2.17. The highest BCUT2D eigenvalue weighted by Gasteiger charge is 2.04. The van der Waals surface area contributed by atoms with Crippen molar-refractivity contribution >= 4 is 5.82 Å². The van der Waals surface area contributed by atoms with Crippen LogP contribution in [0.3, 0.4) is 0 Å². The van der Waals surface area contributed by atoms with Gasteiger partial charge in [0, 0.05) is 12.1 Å². The van der Waals surface area contributed by atoms with Gasteiger partial charge in [-0.25, -0.2) is 4.98 Å². The van der Waals surface area contributed by atoms with Gasteiger partial charge in [0.1, 0.15) is 11.6 Å². The van der Waals surface area contributed by atoms with E-state index in [1.165, 1.54) is 6.07 Å². The normalized spacial score (nSPS) is 12.8. The fourth-order valence-electron chi connectivity index (χ4n) is 1.43. The number of rotatable bonds is 5. The second-order valence-electron chi connectivity index (χ2n) is 4.35. The standard InChI is InChI=1S/C11H20N4O/c1-8(5-6-15(3)4)12-10-7-11(16)14-9(2)13-10/h7-8H,5-6H2,1-4H3,(H2,12,13,14,16). The van der Waals surface area contributed by atoms with E-state index in [9.17, 15) is 4.79 Å². The summed E-state index contributed by atoms with van der Waals surface area (Å²) in [5.41, 5.74) is -0.116. The minimum absolute atomic E-state index is 0.116. The molecule has 90 valence electrons. The lowest BCUT2D eigenvalue weighted by Crippen LogP contribution is -2.24. The van der Waals surface area contributed by atoms with E-state index in [1.807, 2.05) is 14.1 Å². The van der Waals surface area contributed by atoms with Crippen LogP contribution < -0.4 is 10.9 Å². The van der Waals surface area contributed by atoms with Crippen LogP contribution in [0.25, 0.3) is 0 Å². The highest BCUT2D eigenvalue weighted by atomic mass is 16.1. The minimum atomic E-state index is -0.116. The first-order chi connectivity index (χ1) is 7.47. The molecule has 1 heterocycles. The molecule has 16 heavy (non-hydrogen) atoms. The van der Waals surface area contributed by atoms with Gasteiger partial charge >= 0.3 is 0 Å². The smallest absolute Gasteiger partial charge is 0.252 e.